The highest BCUT2D eigenvalue weighted by molar-refractivity contribution is 7.99. The Bertz CT molecular complexity index is 738. The van der Waals surface area contributed by atoms with E-state index >= 15 is 0 Å². The van der Waals surface area contributed by atoms with Crippen LogP contribution >= 0.6 is 11.8 Å². The molecule has 1 N–H and O–H groups in total. The first-order chi connectivity index (χ1) is 10.2. The van der Waals surface area contributed by atoms with E-state index in [-0.39, 0.29) is 17.4 Å². The summed E-state index contributed by atoms with van der Waals surface area (Å²) < 4.78 is 18.3. The summed E-state index contributed by atoms with van der Waals surface area (Å²) in [5.41, 5.74) is 1.17. The number of aromatic nitrogens is 3. The lowest BCUT2D eigenvalue weighted by molar-refractivity contribution is 0.101. The van der Waals surface area contributed by atoms with E-state index in [1.807, 2.05) is 0 Å². The molecule has 0 saturated heterocycles. The highest BCUT2D eigenvalue weighted by Gasteiger charge is 2.12. The largest absolute Gasteiger partial charge is 0.411 e. The van der Waals surface area contributed by atoms with Gasteiger partial charge in [0.15, 0.2) is 5.78 Å². The highest BCUT2D eigenvalue weighted by atomic mass is 32.2. The van der Waals surface area contributed by atoms with E-state index in [0.717, 1.165) is 11.8 Å². The molecule has 0 radical (unpaired) electrons. The summed E-state index contributed by atoms with van der Waals surface area (Å²) in [6.45, 7) is 0. The van der Waals surface area contributed by atoms with Gasteiger partial charge in [0.25, 0.3) is 5.22 Å². The van der Waals surface area contributed by atoms with Crippen molar-refractivity contribution < 1.29 is 13.6 Å². The standard InChI is InChI=1S/C14H10FN3O2S/c15-10-5-3-9(4-6-10)13-17-18-14(20-13)21-8-12(19)11-2-1-7-16-11/h1-7,16H,8H2. The Morgan fingerprint density at radius 1 is 1.24 bits per heavy atom. The van der Waals surface area contributed by atoms with Gasteiger partial charge in [-0.15, -0.1) is 10.2 Å². The summed E-state index contributed by atoms with van der Waals surface area (Å²) in [5, 5.41) is 8.04. The molecule has 5 nitrogen and oxygen atoms in total. The number of carbonyl (C=O) groups is 1. The Morgan fingerprint density at radius 2 is 2.05 bits per heavy atom. The predicted octanol–water partition coefficient (Wildman–Crippen LogP) is 3.18. The molecule has 3 rings (SSSR count). The van der Waals surface area contributed by atoms with Gasteiger partial charge in [-0.05, 0) is 36.4 Å². The molecule has 1 aromatic carbocycles. The van der Waals surface area contributed by atoms with Gasteiger partial charge in [0.05, 0.1) is 11.4 Å². The Morgan fingerprint density at radius 3 is 2.76 bits per heavy atom. The number of thioether (sulfide) groups is 1. The van der Waals surface area contributed by atoms with E-state index in [0.29, 0.717) is 22.4 Å². The zero-order chi connectivity index (χ0) is 14.7. The Hall–Kier alpha value is -2.41. The number of hydrogen-bond acceptors (Lipinski definition) is 5. The molecule has 2 heterocycles. The topological polar surface area (TPSA) is 71.8 Å². The van der Waals surface area contributed by atoms with Gasteiger partial charge in [0.1, 0.15) is 5.82 Å². The highest BCUT2D eigenvalue weighted by Crippen LogP contribution is 2.23. The van der Waals surface area contributed by atoms with Gasteiger partial charge in [0.2, 0.25) is 5.89 Å². The molecule has 0 atom stereocenters. The Labute approximate surface area is 123 Å². The first-order valence-electron chi connectivity index (χ1n) is 6.11. The smallest absolute Gasteiger partial charge is 0.277 e. The molecule has 0 aliphatic rings. The number of Topliss-reactive ketones (excluding diaryl/α,β-unsaturated/α-hetero) is 1. The third-order valence-electron chi connectivity index (χ3n) is 2.72. The van der Waals surface area contributed by atoms with Crippen LogP contribution in [0, 0.1) is 5.82 Å². The monoisotopic (exact) mass is 303 g/mol. The zero-order valence-electron chi connectivity index (χ0n) is 10.7. The second-order valence-electron chi connectivity index (χ2n) is 4.18. The van der Waals surface area contributed by atoms with Crippen LogP contribution in [0.15, 0.2) is 52.2 Å². The first-order valence-corrected chi connectivity index (χ1v) is 7.10. The number of aromatic amines is 1. The number of hydrogen-bond donors (Lipinski definition) is 1. The van der Waals surface area contributed by atoms with Crippen LogP contribution in [0.5, 0.6) is 0 Å². The Kier molecular flexibility index (Phi) is 3.83. The molecule has 0 unspecified atom stereocenters. The molecule has 106 valence electrons. The molecule has 0 fully saturated rings. The summed E-state index contributed by atoms with van der Waals surface area (Å²) in [7, 11) is 0. The van der Waals surface area contributed by atoms with Crippen LogP contribution in [0.4, 0.5) is 4.39 Å². The fraction of sp³-hybridized carbons (Fsp3) is 0.0714. The van der Waals surface area contributed by atoms with Crippen LogP contribution in [0.3, 0.4) is 0 Å². The van der Waals surface area contributed by atoms with Gasteiger partial charge < -0.3 is 9.40 Å². The molecule has 7 heteroatoms. The van der Waals surface area contributed by atoms with Crippen molar-refractivity contribution in [2.45, 2.75) is 5.22 Å². The average Bonchev–Trinajstić information content (AvgIpc) is 3.17. The second kappa shape index (κ2) is 5.92. The van der Waals surface area contributed by atoms with Crippen LogP contribution in [0.25, 0.3) is 11.5 Å². The van der Waals surface area contributed by atoms with E-state index in [1.54, 1.807) is 30.5 Å². The predicted molar refractivity (Wildman–Crippen MR) is 75.5 cm³/mol. The minimum atomic E-state index is -0.329. The maximum atomic E-state index is 12.8. The first kappa shape index (κ1) is 13.6. The van der Waals surface area contributed by atoms with Crippen molar-refractivity contribution in [2.24, 2.45) is 0 Å². The summed E-state index contributed by atoms with van der Waals surface area (Å²) in [4.78, 5) is 14.7. The number of halogens is 1. The van der Waals surface area contributed by atoms with Crippen molar-refractivity contribution in [3.05, 3.63) is 54.1 Å². The van der Waals surface area contributed by atoms with Gasteiger partial charge in [-0.1, -0.05) is 11.8 Å². The molecule has 21 heavy (non-hydrogen) atoms. The van der Waals surface area contributed by atoms with Gasteiger partial charge >= 0.3 is 0 Å². The zero-order valence-corrected chi connectivity index (χ0v) is 11.6. The van der Waals surface area contributed by atoms with Crippen molar-refractivity contribution in [1.82, 2.24) is 15.2 Å². The number of ketones is 1. The molecule has 0 bridgehead atoms. The molecule has 0 saturated carbocycles. The number of H-pyrrole nitrogens is 1. The van der Waals surface area contributed by atoms with E-state index < -0.39 is 0 Å². The molecule has 2 aromatic heterocycles. The second-order valence-corrected chi connectivity index (χ2v) is 5.10. The summed E-state index contributed by atoms with van der Waals surface area (Å²) in [5.74, 6) is 0.117. The van der Waals surface area contributed by atoms with Crippen molar-refractivity contribution in [1.29, 1.82) is 0 Å². The summed E-state index contributed by atoms with van der Waals surface area (Å²) in [6, 6.07) is 9.23. The summed E-state index contributed by atoms with van der Waals surface area (Å²) >= 11 is 1.16. The molecular weight excluding hydrogens is 293 g/mol. The van der Waals surface area contributed by atoms with Gasteiger partial charge in [-0.25, -0.2) is 4.39 Å². The number of nitrogens with zero attached hydrogens (tertiary/aromatic N) is 2. The lowest BCUT2D eigenvalue weighted by Crippen LogP contribution is -2.02. The number of nitrogens with one attached hydrogen (secondary N) is 1. The summed E-state index contributed by atoms with van der Waals surface area (Å²) in [6.07, 6.45) is 1.69. The van der Waals surface area contributed by atoms with Gasteiger partial charge in [-0.3, -0.25) is 4.79 Å². The minimum absolute atomic E-state index is 0.0495. The molecule has 3 aromatic rings. The number of benzene rings is 1. The lowest BCUT2D eigenvalue weighted by atomic mass is 10.2. The molecule has 0 aliphatic carbocycles. The van der Waals surface area contributed by atoms with Crippen molar-refractivity contribution in [2.75, 3.05) is 5.75 Å². The van der Waals surface area contributed by atoms with Crippen molar-refractivity contribution >= 4 is 17.5 Å². The molecule has 0 aliphatic heterocycles. The van der Waals surface area contributed by atoms with Crippen LogP contribution in [-0.4, -0.2) is 26.7 Å². The van der Waals surface area contributed by atoms with Crippen molar-refractivity contribution in [3.63, 3.8) is 0 Å². The maximum Gasteiger partial charge on any atom is 0.277 e. The van der Waals surface area contributed by atoms with Crippen LogP contribution in [0.2, 0.25) is 0 Å². The van der Waals surface area contributed by atoms with Crippen LogP contribution in [0.1, 0.15) is 10.5 Å². The Balaban J connectivity index is 1.65. The molecule has 0 amide bonds. The SMILES string of the molecule is O=C(CSc1nnc(-c2ccc(F)cc2)o1)c1ccc[nH]1. The van der Waals surface area contributed by atoms with E-state index in [2.05, 4.69) is 15.2 Å². The average molecular weight is 303 g/mol. The third kappa shape index (κ3) is 3.19. The van der Waals surface area contributed by atoms with Crippen LogP contribution < -0.4 is 0 Å². The normalized spacial score (nSPS) is 10.7. The van der Waals surface area contributed by atoms with E-state index in [4.69, 9.17) is 4.42 Å². The fourth-order valence-corrected chi connectivity index (χ4v) is 2.33. The lowest BCUT2D eigenvalue weighted by Gasteiger charge is -1.95. The quantitative estimate of drug-likeness (QED) is 0.579. The fourth-order valence-electron chi connectivity index (χ4n) is 1.69. The maximum absolute atomic E-state index is 12.8. The van der Waals surface area contributed by atoms with Gasteiger partial charge in [0, 0.05) is 11.8 Å². The number of carbonyl (C=O) groups excluding carboxylic acids is 1. The molecule has 0 spiro atoms. The van der Waals surface area contributed by atoms with Gasteiger partial charge in [-0.2, -0.15) is 0 Å². The van der Waals surface area contributed by atoms with E-state index in [1.165, 1.54) is 12.1 Å². The van der Waals surface area contributed by atoms with E-state index in [9.17, 15) is 9.18 Å². The third-order valence-corrected chi connectivity index (χ3v) is 3.54. The number of rotatable bonds is 5. The minimum Gasteiger partial charge on any atom is -0.411 e. The molecular formula is C14H10FN3O2S. The van der Waals surface area contributed by atoms with Crippen LogP contribution in [-0.2, 0) is 0 Å². The van der Waals surface area contributed by atoms with Crippen molar-refractivity contribution in [3.8, 4) is 11.5 Å².